The van der Waals surface area contributed by atoms with Crippen molar-refractivity contribution in [2.24, 2.45) is 0 Å². The molecule has 0 unspecified atom stereocenters. The Hall–Kier alpha value is -2.08. The van der Waals surface area contributed by atoms with E-state index in [0.29, 0.717) is 18.0 Å². The normalized spacial score (nSPS) is 15.8. The SMILES string of the molecule is CCCN(CCC)C(=O)CN1C(=O)S/C(=C\c2ccc(CC)cc2)C1=O. The van der Waals surface area contributed by atoms with Gasteiger partial charge in [-0.1, -0.05) is 45.0 Å². The van der Waals surface area contributed by atoms with E-state index < -0.39 is 0 Å². The first-order chi connectivity index (χ1) is 12.5. The molecule has 1 aliphatic heterocycles. The van der Waals surface area contributed by atoms with Crippen molar-refractivity contribution in [2.75, 3.05) is 19.6 Å². The van der Waals surface area contributed by atoms with Crippen LogP contribution in [-0.4, -0.2) is 46.5 Å². The van der Waals surface area contributed by atoms with E-state index in [1.54, 1.807) is 11.0 Å². The van der Waals surface area contributed by atoms with Crippen LogP contribution in [0, 0.1) is 0 Å². The maximum absolute atomic E-state index is 12.6. The summed E-state index contributed by atoms with van der Waals surface area (Å²) in [5.41, 5.74) is 2.09. The summed E-state index contributed by atoms with van der Waals surface area (Å²) < 4.78 is 0. The molecule has 0 aromatic heterocycles. The van der Waals surface area contributed by atoms with Crippen molar-refractivity contribution in [3.05, 3.63) is 40.3 Å². The average Bonchev–Trinajstić information content (AvgIpc) is 2.89. The highest BCUT2D eigenvalue weighted by molar-refractivity contribution is 8.18. The van der Waals surface area contributed by atoms with Crippen molar-refractivity contribution in [2.45, 2.75) is 40.0 Å². The lowest BCUT2D eigenvalue weighted by Gasteiger charge is -2.23. The van der Waals surface area contributed by atoms with Crippen LogP contribution in [-0.2, 0) is 16.0 Å². The van der Waals surface area contributed by atoms with Crippen molar-refractivity contribution in [3.63, 3.8) is 0 Å². The van der Waals surface area contributed by atoms with Gasteiger partial charge in [0.05, 0.1) is 4.91 Å². The minimum absolute atomic E-state index is 0.176. The van der Waals surface area contributed by atoms with Gasteiger partial charge in [-0.3, -0.25) is 19.3 Å². The van der Waals surface area contributed by atoms with E-state index in [4.69, 9.17) is 0 Å². The summed E-state index contributed by atoms with van der Waals surface area (Å²) >= 11 is 0.895. The van der Waals surface area contributed by atoms with Gasteiger partial charge < -0.3 is 4.90 Å². The van der Waals surface area contributed by atoms with E-state index in [9.17, 15) is 14.4 Å². The van der Waals surface area contributed by atoms with E-state index in [2.05, 4.69) is 6.92 Å². The van der Waals surface area contributed by atoms with Crippen LogP contribution in [0.1, 0.15) is 44.7 Å². The molecule has 1 fully saturated rings. The number of carbonyl (C=O) groups excluding carboxylic acids is 3. The summed E-state index contributed by atoms with van der Waals surface area (Å²) in [6, 6.07) is 7.88. The quantitative estimate of drug-likeness (QED) is 0.647. The smallest absolute Gasteiger partial charge is 0.294 e. The second kappa shape index (κ2) is 9.57. The summed E-state index contributed by atoms with van der Waals surface area (Å²) in [7, 11) is 0. The number of carbonyl (C=O) groups is 3. The monoisotopic (exact) mass is 374 g/mol. The molecule has 0 radical (unpaired) electrons. The number of nitrogens with zero attached hydrogens (tertiary/aromatic N) is 2. The summed E-state index contributed by atoms with van der Waals surface area (Å²) in [6.07, 6.45) is 4.36. The lowest BCUT2D eigenvalue weighted by atomic mass is 10.1. The lowest BCUT2D eigenvalue weighted by molar-refractivity contribution is -0.135. The average molecular weight is 375 g/mol. The predicted molar refractivity (Wildman–Crippen MR) is 106 cm³/mol. The van der Waals surface area contributed by atoms with Gasteiger partial charge in [0.15, 0.2) is 0 Å². The third-order valence-electron chi connectivity index (χ3n) is 4.19. The number of thioether (sulfide) groups is 1. The zero-order valence-corrected chi connectivity index (χ0v) is 16.5. The Morgan fingerprint density at radius 2 is 1.69 bits per heavy atom. The minimum atomic E-state index is -0.388. The van der Waals surface area contributed by atoms with Gasteiger partial charge in [0.2, 0.25) is 5.91 Å². The second-order valence-electron chi connectivity index (χ2n) is 6.24. The van der Waals surface area contributed by atoms with Crippen LogP contribution in [0.15, 0.2) is 29.2 Å². The third kappa shape index (κ3) is 4.97. The van der Waals surface area contributed by atoms with E-state index in [0.717, 1.165) is 41.5 Å². The highest BCUT2D eigenvalue weighted by Crippen LogP contribution is 2.32. The molecule has 1 aromatic rings. The van der Waals surface area contributed by atoms with Crippen molar-refractivity contribution < 1.29 is 14.4 Å². The summed E-state index contributed by atoms with van der Waals surface area (Å²) in [4.78, 5) is 40.4. The summed E-state index contributed by atoms with van der Waals surface area (Å²) in [5.74, 6) is -0.564. The molecule has 1 aliphatic rings. The van der Waals surface area contributed by atoms with Crippen LogP contribution >= 0.6 is 11.8 Å². The number of hydrogen-bond donors (Lipinski definition) is 0. The van der Waals surface area contributed by atoms with Gasteiger partial charge in [0.25, 0.3) is 11.1 Å². The Balaban J connectivity index is 2.09. The molecule has 1 saturated heterocycles. The Labute approximate surface area is 159 Å². The Kier molecular flexibility index (Phi) is 7.45. The van der Waals surface area contributed by atoms with E-state index in [1.165, 1.54) is 5.56 Å². The van der Waals surface area contributed by atoms with Crippen molar-refractivity contribution >= 4 is 34.9 Å². The summed E-state index contributed by atoms with van der Waals surface area (Å²) in [6.45, 7) is 7.19. The molecule has 0 atom stereocenters. The number of imide groups is 1. The molecule has 0 N–H and O–H groups in total. The van der Waals surface area contributed by atoms with Gasteiger partial charge in [-0.2, -0.15) is 0 Å². The van der Waals surface area contributed by atoms with Gasteiger partial charge in [0.1, 0.15) is 6.54 Å². The highest BCUT2D eigenvalue weighted by atomic mass is 32.2. The van der Waals surface area contributed by atoms with Crippen molar-refractivity contribution in [3.8, 4) is 0 Å². The molecule has 140 valence electrons. The molecule has 0 aliphatic carbocycles. The predicted octanol–water partition coefficient (Wildman–Crippen LogP) is 3.93. The summed E-state index contributed by atoms with van der Waals surface area (Å²) in [5, 5.41) is -0.382. The first-order valence-corrected chi connectivity index (χ1v) is 9.93. The first kappa shape index (κ1) is 20.2. The van der Waals surface area contributed by atoms with Crippen LogP contribution in [0.25, 0.3) is 6.08 Å². The number of rotatable bonds is 8. The molecule has 0 spiro atoms. The van der Waals surface area contributed by atoms with Gasteiger partial charge in [0, 0.05) is 13.1 Å². The fourth-order valence-corrected chi connectivity index (χ4v) is 3.61. The minimum Gasteiger partial charge on any atom is -0.341 e. The topological polar surface area (TPSA) is 57.7 Å². The van der Waals surface area contributed by atoms with Crippen LogP contribution in [0.3, 0.4) is 0 Å². The number of benzene rings is 1. The fourth-order valence-electron chi connectivity index (χ4n) is 2.77. The van der Waals surface area contributed by atoms with Crippen LogP contribution in [0.4, 0.5) is 4.79 Å². The lowest BCUT2D eigenvalue weighted by Crippen LogP contribution is -2.42. The number of hydrogen-bond acceptors (Lipinski definition) is 4. The zero-order valence-electron chi connectivity index (χ0n) is 15.7. The number of aryl methyl sites for hydroxylation is 1. The molecule has 26 heavy (non-hydrogen) atoms. The largest absolute Gasteiger partial charge is 0.341 e. The Morgan fingerprint density at radius 3 is 2.23 bits per heavy atom. The fraction of sp³-hybridized carbons (Fsp3) is 0.450. The van der Waals surface area contributed by atoms with Crippen molar-refractivity contribution in [1.29, 1.82) is 0 Å². The van der Waals surface area contributed by atoms with Crippen LogP contribution < -0.4 is 0 Å². The standard InChI is InChI=1S/C20H26N2O3S/c1-4-11-21(12-5-2)18(23)14-22-19(24)17(26-20(22)25)13-16-9-7-15(6-3)8-10-16/h7-10,13H,4-6,11-12,14H2,1-3H3/b17-13-. The zero-order chi connectivity index (χ0) is 19.1. The maximum Gasteiger partial charge on any atom is 0.294 e. The Morgan fingerprint density at radius 1 is 1.08 bits per heavy atom. The molecular formula is C20H26N2O3S. The maximum atomic E-state index is 12.6. The van der Waals surface area contributed by atoms with Gasteiger partial charge in [-0.25, -0.2) is 0 Å². The van der Waals surface area contributed by atoms with E-state index >= 15 is 0 Å². The number of amides is 3. The molecule has 1 aromatic carbocycles. The highest BCUT2D eigenvalue weighted by Gasteiger charge is 2.36. The molecule has 0 bridgehead atoms. The third-order valence-corrected chi connectivity index (χ3v) is 5.10. The van der Waals surface area contributed by atoms with Crippen molar-refractivity contribution in [1.82, 2.24) is 9.80 Å². The molecule has 0 saturated carbocycles. The molecule has 2 rings (SSSR count). The van der Waals surface area contributed by atoms with Gasteiger partial charge in [-0.15, -0.1) is 0 Å². The Bertz CT molecular complexity index is 692. The van der Waals surface area contributed by atoms with E-state index in [1.807, 2.05) is 38.1 Å². The molecular weight excluding hydrogens is 348 g/mol. The van der Waals surface area contributed by atoms with E-state index in [-0.39, 0.29) is 23.6 Å². The molecule has 3 amide bonds. The van der Waals surface area contributed by atoms with Gasteiger partial charge in [-0.05, 0) is 48.2 Å². The molecule has 6 heteroatoms. The van der Waals surface area contributed by atoms with Gasteiger partial charge >= 0.3 is 0 Å². The van der Waals surface area contributed by atoms with Crippen LogP contribution in [0.5, 0.6) is 0 Å². The molecule has 1 heterocycles. The second-order valence-corrected chi connectivity index (χ2v) is 7.24. The first-order valence-electron chi connectivity index (χ1n) is 9.12. The molecule has 5 nitrogen and oxygen atoms in total. The van der Waals surface area contributed by atoms with Crippen LogP contribution in [0.2, 0.25) is 0 Å².